The van der Waals surface area contributed by atoms with Crippen LogP contribution in [0.15, 0.2) is 17.8 Å². The van der Waals surface area contributed by atoms with E-state index in [2.05, 4.69) is 32.3 Å². The number of nitrogens with one attached hydrogen (secondary N) is 3. The molecule has 0 radical (unpaired) electrons. The molecule has 2 aromatic rings. The third kappa shape index (κ3) is 6.84. The van der Waals surface area contributed by atoms with E-state index in [1.807, 2.05) is 4.90 Å². The summed E-state index contributed by atoms with van der Waals surface area (Å²) >= 11 is 13.3. The predicted molar refractivity (Wildman–Crippen MR) is 145 cm³/mol. The molecule has 3 heterocycles. The average molecular weight is 587 g/mol. The van der Waals surface area contributed by atoms with Crippen LogP contribution in [-0.2, 0) is 14.3 Å². The van der Waals surface area contributed by atoms with Crippen LogP contribution in [0.25, 0.3) is 0 Å². The molecular weight excluding hydrogens is 559 g/mol. The number of hydrogen-bond acceptors (Lipinski definition) is 10. The van der Waals surface area contributed by atoms with Crippen molar-refractivity contribution in [1.82, 2.24) is 20.6 Å². The second-order valence-electron chi connectivity index (χ2n) is 8.06. The number of aromatic nitrogens is 2. The predicted octanol–water partition coefficient (Wildman–Crippen LogP) is 2.82. The van der Waals surface area contributed by atoms with Crippen molar-refractivity contribution >= 4 is 63.2 Å². The molecule has 0 bridgehead atoms. The number of nitrogens with zero attached hydrogens (tertiary/aromatic N) is 3. The van der Waals surface area contributed by atoms with Gasteiger partial charge in [-0.2, -0.15) is 0 Å². The second-order valence-corrected chi connectivity index (χ2v) is 9.80. The number of thiazole rings is 1. The van der Waals surface area contributed by atoms with Gasteiger partial charge >= 0.3 is 5.97 Å². The number of oxime groups is 1. The smallest absolute Gasteiger partial charge is 0.351 e. The zero-order valence-corrected chi connectivity index (χ0v) is 23.4. The Morgan fingerprint density at radius 3 is 2.68 bits per heavy atom. The molecule has 2 aromatic heterocycles. The first kappa shape index (κ1) is 29.4. The fourth-order valence-corrected chi connectivity index (χ4v) is 5.01. The topological polar surface area (TPSA) is 147 Å². The number of hydrogen-bond donors (Lipinski definition) is 3. The molecule has 0 aliphatic carbocycles. The molecule has 206 valence electrons. The zero-order chi connectivity index (χ0) is 27.8. The van der Waals surface area contributed by atoms with Gasteiger partial charge in [0.1, 0.15) is 24.3 Å². The van der Waals surface area contributed by atoms with E-state index in [-0.39, 0.29) is 46.0 Å². The lowest BCUT2D eigenvalue weighted by Crippen LogP contribution is -2.52. The van der Waals surface area contributed by atoms with Crippen LogP contribution >= 0.6 is 34.5 Å². The van der Waals surface area contributed by atoms with E-state index in [0.29, 0.717) is 36.1 Å². The Bertz CT molecular complexity index is 1230. The quantitative estimate of drug-likeness (QED) is 0.157. The Kier molecular flexibility index (Phi) is 10.5. The molecule has 1 atom stereocenters. The van der Waals surface area contributed by atoms with Gasteiger partial charge in [0, 0.05) is 25.9 Å². The van der Waals surface area contributed by atoms with Crippen molar-refractivity contribution in [2.24, 2.45) is 5.16 Å². The van der Waals surface area contributed by atoms with Crippen LogP contribution in [0.3, 0.4) is 0 Å². The monoisotopic (exact) mass is 586 g/mol. The highest BCUT2D eigenvalue weighted by Gasteiger charge is 2.33. The minimum absolute atomic E-state index is 0.0118. The van der Waals surface area contributed by atoms with E-state index in [0.717, 1.165) is 11.3 Å². The number of rotatable bonds is 11. The van der Waals surface area contributed by atoms with Crippen molar-refractivity contribution < 1.29 is 28.7 Å². The lowest BCUT2D eigenvalue weighted by atomic mass is 10.0. The van der Waals surface area contributed by atoms with Crippen LogP contribution in [0.1, 0.15) is 42.8 Å². The molecule has 12 nitrogen and oxygen atoms in total. The Morgan fingerprint density at radius 1 is 1.29 bits per heavy atom. The van der Waals surface area contributed by atoms with Gasteiger partial charge in [-0.1, -0.05) is 52.3 Å². The molecule has 1 saturated heterocycles. The highest BCUT2D eigenvalue weighted by molar-refractivity contribution is 7.17. The molecule has 1 unspecified atom stereocenters. The van der Waals surface area contributed by atoms with Crippen molar-refractivity contribution in [3.05, 3.63) is 44.7 Å². The van der Waals surface area contributed by atoms with Crippen molar-refractivity contribution in [3.63, 3.8) is 0 Å². The maximum absolute atomic E-state index is 12.9. The number of aromatic amines is 1. The van der Waals surface area contributed by atoms with E-state index in [1.54, 1.807) is 6.92 Å². The van der Waals surface area contributed by atoms with Gasteiger partial charge in [-0.05, 0) is 13.3 Å². The van der Waals surface area contributed by atoms with Crippen molar-refractivity contribution in [2.75, 3.05) is 52.0 Å². The fraction of sp³-hybridized carbons (Fsp3) is 0.435. The van der Waals surface area contributed by atoms with Crippen LogP contribution < -0.4 is 15.5 Å². The molecule has 1 aliphatic rings. The van der Waals surface area contributed by atoms with Gasteiger partial charge in [-0.25, -0.2) is 9.78 Å². The SMILES string of the molecule is C=CCOC(=O)c1sc(N2CCC(NC(=O)c3[nH]c(C)c(Cl)c3Cl)/C(=N\OC)C2)nc1C(=O)NCCOC. The molecule has 1 fully saturated rings. The molecule has 1 aliphatic heterocycles. The summed E-state index contributed by atoms with van der Waals surface area (Å²) in [5.41, 5.74) is 1.19. The number of carbonyl (C=O) groups excluding carboxylic acids is 3. The standard InChI is InChI=1S/C23H28Cl2N6O6S/c1-5-9-37-22(34)19-18(20(32)26-7-10-35-3)29-23(38-19)31-8-6-13(14(11-31)30-36-4)28-21(33)17-16(25)15(24)12(2)27-17/h5,13,27H,1,6-11H2,2-4H3,(H,26,32)(H,28,33)/b30-14-. The third-order valence-corrected chi connectivity index (χ3v) is 7.49. The lowest BCUT2D eigenvalue weighted by Gasteiger charge is -2.32. The number of carbonyl (C=O) groups is 3. The molecule has 38 heavy (non-hydrogen) atoms. The first-order valence-electron chi connectivity index (χ1n) is 11.5. The number of ether oxygens (including phenoxy) is 2. The van der Waals surface area contributed by atoms with E-state index in [4.69, 9.17) is 37.5 Å². The van der Waals surface area contributed by atoms with Crippen LogP contribution in [0.2, 0.25) is 10.0 Å². The van der Waals surface area contributed by atoms with Crippen LogP contribution in [0, 0.1) is 6.92 Å². The minimum Gasteiger partial charge on any atom is -0.457 e. The highest BCUT2D eigenvalue weighted by Crippen LogP contribution is 2.31. The Balaban J connectivity index is 1.81. The molecule has 3 N–H and O–H groups in total. The van der Waals surface area contributed by atoms with Crippen LogP contribution in [0.5, 0.6) is 0 Å². The van der Waals surface area contributed by atoms with Gasteiger partial charge < -0.3 is 34.8 Å². The van der Waals surface area contributed by atoms with Gasteiger partial charge in [0.25, 0.3) is 11.8 Å². The molecular formula is C23H28Cl2N6O6S. The normalized spacial score (nSPS) is 16.3. The summed E-state index contributed by atoms with van der Waals surface area (Å²) in [7, 11) is 2.91. The number of H-pyrrole nitrogens is 1. The summed E-state index contributed by atoms with van der Waals surface area (Å²) in [6, 6.07) is -0.467. The van der Waals surface area contributed by atoms with E-state index in [9.17, 15) is 14.4 Å². The summed E-state index contributed by atoms with van der Waals surface area (Å²) in [6.07, 6.45) is 1.87. The summed E-state index contributed by atoms with van der Waals surface area (Å²) in [5.74, 6) is -1.65. The first-order chi connectivity index (χ1) is 18.2. The van der Waals surface area contributed by atoms with E-state index in [1.165, 1.54) is 20.3 Å². The summed E-state index contributed by atoms with van der Waals surface area (Å²) in [4.78, 5) is 52.5. The van der Waals surface area contributed by atoms with Crippen LogP contribution in [0.4, 0.5) is 5.13 Å². The fourth-order valence-electron chi connectivity index (χ4n) is 3.61. The third-order valence-electron chi connectivity index (χ3n) is 5.45. The summed E-state index contributed by atoms with van der Waals surface area (Å²) in [6.45, 7) is 6.43. The molecule has 3 rings (SSSR count). The summed E-state index contributed by atoms with van der Waals surface area (Å²) in [5, 5.41) is 10.5. The average Bonchev–Trinajstić information content (AvgIpc) is 3.46. The van der Waals surface area contributed by atoms with Gasteiger partial charge in [0.15, 0.2) is 10.8 Å². The number of anilines is 1. The van der Waals surface area contributed by atoms with Crippen molar-refractivity contribution in [1.29, 1.82) is 0 Å². The summed E-state index contributed by atoms with van der Waals surface area (Å²) < 4.78 is 10.1. The molecule has 0 aromatic carbocycles. The second kappa shape index (κ2) is 13.6. The largest absolute Gasteiger partial charge is 0.457 e. The van der Waals surface area contributed by atoms with E-state index < -0.39 is 23.8 Å². The zero-order valence-electron chi connectivity index (χ0n) is 21.1. The number of piperidine rings is 1. The van der Waals surface area contributed by atoms with Crippen LogP contribution in [-0.4, -0.2) is 86.6 Å². The Morgan fingerprint density at radius 2 is 2.05 bits per heavy atom. The van der Waals surface area contributed by atoms with Gasteiger partial charge in [-0.3, -0.25) is 9.59 Å². The number of esters is 1. The highest BCUT2D eigenvalue weighted by atomic mass is 35.5. The maximum Gasteiger partial charge on any atom is 0.351 e. The molecule has 0 spiro atoms. The number of aryl methyl sites for hydroxylation is 1. The lowest BCUT2D eigenvalue weighted by molar-refractivity contribution is 0.0551. The number of halogens is 2. The molecule has 2 amide bonds. The maximum atomic E-state index is 12.9. The van der Waals surface area contributed by atoms with Gasteiger partial charge in [-0.15, -0.1) is 0 Å². The van der Waals surface area contributed by atoms with Crippen molar-refractivity contribution in [2.45, 2.75) is 19.4 Å². The first-order valence-corrected chi connectivity index (χ1v) is 13.0. The Labute approximate surface area is 233 Å². The number of amides is 2. The van der Waals surface area contributed by atoms with Gasteiger partial charge in [0.2, 0.25) is 0 Å². The Hall–Kier alpha value is -3.13. The molecule has 15 heteroatoms. The van der Waals surface area contributed by atoms with E-state index >= 15 is 0 Å². The minimum atomic E-state index is -0.685. The van der Waals surface area contributed by atoms with Gasteiger partial charge in [0.05, 0.1) is 35.0 Å². The van der Waals surface area contributed by atoms with Crippen molar-refractivity contribution in [3.8, 4) is 0 Å². The number of methoxy groups -OCH3 is 1. The molecule has 0 saturated carbocycles.